The molecule has 0 spiro atoms. The van der Waals surface area contributed by atoms with Gasteiger partial charge in [-0.3, -0.25) is 4.79 Å². The summed E-state index contributed by atoms with van der Waals surface area (Å²) in [5, 5.41) is 9.20. The van der Waals surface area contributed by atoms with Crippen LogP contribution in [0.25, 0.3) is 0 Å². The number of aryl methyl sites for hydroxylation is 1. The van der Waals surface area contributed by atoms with Gasteiger partial charge in [0.2, 0.25) is 5.91 Å². The molecule has 188 valence electrons. The molecule has 35 heavy (non-hydrogen) atoms. The van der Waals surface area contributed by atoms with E-state index < -0.39 is 12.1 Å². The number of benzene rings is 2. The van der Waals surface area contributed by atoms with Crippen molar-refractivity contribution < 1.29 is 14.4 Å². The van der Waals surface area contributed by atoms with Gasteiger partial charge in [-0.2, -0.15) is 0 Å². The first-order chi connectivity index (χ1) is 16.7. The molecule has 1 aliphatic rings. The quantitative estimate of drug-likeness (QED) is 0.525. The number of hydrogen-bond acceptors (Lipinski definition) is 3. The summed E-state index contributed by atoms with van der Waals surface area (Å²) in [7, 11) is 0. The van der Waals surface area contributed by atoms with Crippen LogP contribution in [-0.4, -0.2) is 59.5 Å². The number of amides is 5. The van der Waals surface area contributed by atoms with Gasteiger partial charge >= 0.3 is 12.1 Å². The molecule has 3 rings (SSSR count). The Morgan fingerprint density at radius 1 is 1.06 bits per heavy atom. The van der Waals surface area contributed by atoms with Crippen molar-refractivity contribution in [2.75, 3.05) is 30.3 Å². The monoisotopic (exact) mass is 499 g/mol. The van der Waals surface area contributed by atoms with Crippen LogP contribution in [0.5, 0.6) is 0 Å². The lowest BCUT2D eigenvalue weighted by Gasteiger charge is -2.41. The molecule has 0 bridgehead atoms. The number of piperazine rings is 1. The summed E-state index contributed by atoms with van der Waals surface area (Å²) in [6.45, 7) is 8.96. The molecular formula is C26H34ClN5O3. The molecule has 2 aromatic rings. The third-order valence-electron chi connectivity index (χ3n) is 6.45. The third-order valence-corrected chi connectivity index (χ3v) is 6.71. The van der Waals surface area contributed by atoms with E-state index in [4.69, 9.17) is 11.6 Å². The smallest absolute Gasteiger partial charge is 0.322 e. The van der Waals surface area contributed by atoms with Crippen LogP contribution in [0.2, 0.25) is 5.02 Å². The minimum atomic E-state index is -0.661. The summed E-state index contributed by atoms with van der Waals surface area (Å²) in [5.74, 6) is -0.185. The van der Waals surface area contributed by atoms with Crippen molar-refractivity contribution in [1.82, 2.24) is 15.1 Å². The zero-order chi connectivity index (χ0) is 25.5. The summed E-state index contributed by atoms with van der Waals surface area (Å²) in [4.78, 5) is 42.4. The number of para-hydroxylation sites is 1. The molecule has 1 aliphatic heterocycles. The van der Waals surface area contributed by atoms with Crippen LogP contribution in [0.15, 0.2) is 48.5 Å². The molecule has 0 aliphatic carbocycles. The van der Waals surface area contributed by atoms with Crippen molar-refractivity contribution in [2.24, 2.45) is 5.92 Å². The molecule has 3 N–H and O–H groups in total. The lowest BCUT2D eigenvalue weighted by Crippen LogP contribution is -2.60. The van der Waals surface area contributed by atoms with Crippen molar-refractivity contribution in [2.45, 2.75) is 46.2 Å². The highest BCUT2D eigenvalue weighted by Crippen LogP contribution is 2.19. The molecule has 1 saturated heterocycles. The second-order valence-corrected chi connectivity index (χ2v) is 9.48. The number of anilines is 2. The predicted octanol–water partition coefficient (Wildman–Crippen LogP) is 4.95. The van der Waals surface area contributed by atoms with Crippen LogP contribution in [0.1, 0.15) is 32.8 Å². The summed E-state index contributed by atoms with van der Waals surface area (Å²) >= 11 is 5.91. The Kier molecular flexibility index (Phi) is 8.98. The highest BCUT2D eigenvalue weighted by atomic mass is 35.5. The first kappa shape index (κ1) is 26.3. The number of hydrogen-bond donors (Lipinski definition) is 3. The molecule has 5 amide bonds. The molecule has 2 aromatic carbocycles. The minimum absolute atomic E-state index is 0.0494. The predicted molar refractivity (Wildman–Crippen MR) is 140 cm³/mol. The van der Waals surface area contributed by atoms with E-state index >= 15 is 0 Å². The standard InChI is InChI=1S/C26H34ClN5O3/c1-5-17(2)23(30-25(34)29-22-9-7-6-8-18(22)3)24(33)31-14-15-32(19(4)16-31)26(35)28-21-12-10-20(27)11-13-21/h6-13,17,19,23H,5,14-16H2,1-4H3,(H,28,35)(H2,29,30,34). The largest absolute Gasteiger partial charge is 0.337 e. The number of urea groups is 2. The van der Waals surface area contributed by atoms with Crippen molar-refractivity contribution in [3.05, 3.63) is 59.1 Å². The topological polar surface area (TPSA) is 93.8 Å². The Morgan fingerprint density at radius 3 is 2.37 bits per heavy atom. The molecule has 9 heteroatoms. The van der Waals surface area contributed by atoms with Gasteiger partial charge in [0.15, 0.2) is 0 Å². The van der Waals surface area contributed by atoms with E-state index in [9.17, 15) is 14.4 Å². The fourth-order valence-electron chi connectivity index (χ4n) is 4.08. The zero-order valence-electron chi connectivity index (χ0n) is 20.7. The minimum Gasteiger partial charge on any atom is -0.337 e. The highest BCUT2D eigenvalue weighted by Gasteiger charge is 2.35. The van der Waals surface area contributed by atoms with Crippen molar-refractivity contribution in [3.63, 3.8) is 0 Å². The van der Waals surface area contributed by atoms with E-state index in [0.717, 1.165) is 12.0 Å². The molecule has 1 fully saturated rings. The van der Waals surface area contributed by atoms with Crippen LogP contribution in [0, 0.1) is 12.8 Å². The van der Waals surface area contributed by atoms with Crippen LogP contribution < -0.4 is 16.0 Å². The molecule has 0 radical (unpaired) electrons. The van der Waals surface area contributed by atoms with Crippen molar-refractivity contribution in [3.8, 4) is 0 Å². The summed E-state index contributed by atoms with van der Waals surface area (Å²) < 4.78 is 0. The van der Waals surface area contributed by atoms with Gasteiger partial charge in [0.1, 0.15) is 6.04 Å². The van der Waals surface area contributed by atoms with E-state index in [-0.39, 0.29) is 23.9 Å². The number of halogens is 1. The van der Waals surface area contributed by atoms with Crippen LogP contribution in [-0.2, 0) is 4.79 Å². The molecule has 3 atom stereocenters. The maximum Gasteiger partial charge on any atom is 0.322 e. The summed E-state index contributed by atoms with van der Waals surface area (Å²) in [6, 6.07) is 12.9. The van der Waals surface area contributed by atoms with Crippen molar-refractivity contribution >= 4 is 40.9 Å². The van der Waals surface area contributed by atoms with Gasteiger partial charge in [-0.15, -0.1) is 0 Å². The van der Waals surface area contributed by atoms with Crippen molar-refractivity contribution in [1.29, 1.82) is 0 Å². The van der Waals surface area contributed by atoms with Crippen LogP contribution in [0.3, 0.4) is 0 Å². The second-order valence-electron chi connectivity index (χ2n) is 9.04. The van der Waals surface area contributed by atoms with Gasteiger partial charge in [-0.1, -0.05) is 50.1 Å². The summed E-state index contributed by atoms with van der Waals surface area (Å²) in [6.07, 6.45) is 0.736. The number of nitrogens with zero attached hydrogens (tertiary/aromatic N) is 2. The first-order valence-electron chi connectivity index (χ1n) is 11.9. The van der Waals surface area contributed by atoms with E-state index in [2.05, 4.69) is 16.0 Å². The van der Waals surface area contributed by atoms with E-state index in [1.807, 2.05) is 52.0 Å². The maximum atomic E-state index is 13.5. The van der Waals surface area contributed by atoms with E-state index in [1.165, 1.54) is 0 Å². The first-order valence-corrected chi connectivity index (χ1v) is 12.3. The van der Waals surface area contributed by atoms with Crippen LogP contribution in [0.4, 0.5) is 21.0 Å². The average molecular weight is 500 g/mol. The zero-order valence-corrected chi connectivity index (χ0v) is 21.4. The molecule has 1 heterocycles. The number of rotatable bonds is 6. The maximum absolute atomic E-state index is 13.5. The highest BCUT2D eigenvalue weighted by molar-refractivity contribution is 6.30. The fourth-order valence-corrected chi connectivity index (χ4v) is 4.21. The Hall–Kier alpha value is -3.26. The molecule has 3 unspecified atom stereocenters. The number of carbonyl (C=O) groups excluding carboxylic acids is 3. The van der Waals surface area contributed by atoms with Crippen LogP contribution >= 0.6 is 11.6 Å². The lowest BCUT2D eigenvalue weighted by atomic mass is 9.97. The molecule has 0 saturated carbocycles. The molecular weight excluding hydrogens is 466 g/mol. The van der Waals surface area contributed by atoms with Gasteiger partial charge in [0, 0.05) is 42.1 Å². The van der Waals surface area contributed by atoms with Gasteiger partial charge in [0.25, 0.3) is 0 Å². The Bertz CT molecular complexity index is 1050. The average Bonchev–Trinajstić information content (AvgIpc) is 2.84. The van der Waals surface area contributed by atoms with E-state index in [1.54, 1.807) is 34.1 Å². The normalized spacial score (nSPS) is 17.3. The summed E-state index contributed by atoms with van der Waals surface area (Å²) in [5.41, 5.74) is 2.30. The molecule has 8 nitrogen and oxygen atoms in total. The fraction of sp³-hybridized carbons (Fsp3) is 0.423. The Balaban J connectivity index is 1.61. The molecule has 0 aromatic heterocycles. The Morgan fingerprint density at radius 2 is 1.74 bits per heavy atom. The third kappa shape index (κ3) is 6.88. The second kappa shape index (κ2) is 11.9. The Labute approximate surface area is 212 Å². The van der Waals surface area contributed by atoms with Gasteiger partial charge < -0.3 is 25.8 Å². The van der Waals surface area contributed by atoms with E-state index in [0.29, 0.717) is 36.0 Å². The SMILES string of the molecule is CCC(C)C(NC(=O)Nc1ccccc1C)C(=O)N1CCN(C(=O)Nc2ccc(Cl)cc2)C(C)C1. The lowest BCUT2D eigenvalue weighted by molar-refractivity contribution is -0.136. The number of nitrogens with one attached hydrogen (secondary N) is 3. The van der Waals surface area contributed by atoms with Gasteiger partial charge in [0.05, 0.1) is 0 Å². The number of carbonyl (C=O) groups is 3. The van der Waals surface area contributed by atoms with Gasteiger partial charge in [-0.25, -0.2) is 9.59 Å². The van der Waals surface area contributed by atoms with Gasteiger partial charge in [-0.05, 0) is 55.7 Å².